The number of nitrogens with one attached hydrogen (secondary N) is 1. The van der Waals surface area contributed by atoms with Crippen molar-refractivity contribution in [1.82, 2.24) is 5.32 Å². The van der Waals surface area contributed by atoms with Gasteiger partial charge in [0.2, 0.25) is 0 Å². The molecule has 25 heavy (non-hydrogen) atoms. The van der Waals surface area contributed by atoms with Gasteiger partial charge in [0.15, 0.2) is 0 Å². The van der Waals surface area contributed by atoms with Crippen molar-refractivity contribution in [2.75, 3.05) is 14.2 Å². The third-order valence-electron chi connectivity index (χ3n) is 4.26. The van der Waals surface area contributed by atoms with Crippen molar-refractivity contribution in [3.05, 3.63) is 59.2 Å². The summed E-state index contributed by atoms with van der Waals surface area (Å²) in [7, 11) is 3.23. The molecule has 0 radical (unpaired) electrons. The van der Waals surface area contributed by atoms with Crippen LogP contribution in [0.4, 0.5) is 0 Å². The number of amides is 1. The lowest BCUT2D eigenvalue weighted by atomic mass is 9.86. The third-order valence-corrected chi connectivity index (χ3v) is 4.26. The molecule has 0 unspecified atom stereocenters. The van der Waals surface area contributed by atoms with Gasteiger partial charge >= 0.3 is 0 Å². The highest BCUT2D eigenvalue weighted by atomic mass is 16.5. The molecule has 0 heterocycles. The van der Waals surface area contributed by atoms with E-state index in [9.17, 15) is 4.79 Å². The Morgan fingerprint density at radius 1 is 1.00 bits per heavy atom. The normalized spacial score (nSPS) is 12.4. The zero-order valence-electron chi connectivity index (χ0n) is 15.8. The Hall–Kier alpha value is -2.49. The molecule has 0 bridgehead atoms. The monoisotopic (exact) mass is 341 g/mol. The molecule has 0 aliphatic rings. The van der Waals surface area contributed by atoms with E-state index in [0.717, 1.165) is 17.1 Å². The molecule has 2 aromatic carbocycles. The van der Waals surface area contributed by atoms with E-state index in [-0.39, 0.29) is 17.4 Å². The van der Waals surface area contributed by atoms with Gasteiger partial charge in [-0.3, -0.25) is 4.79 Å². The number of rotatable bonds is 5. The molecule has 1 atom stereocenters. The van der Waals surface area contributed by atoms with Gasteiger partial charge in [0.25, 0.3) is 5.91 Å². The van der Waals surface area contributed by atoms with Gasteiger partial charge in [-0.05, 0) is 48.2 Å². The Labute approximate surface area is 150 Å². The molecule has 2 rings (SSSR count). The van der Waals surface area contributed by atoms with Gasteiger partial charge in [-0.1, -0.05) is 32.9 Å². The number of carbonyl (C=O) groups excluding carboxylic acids is 1. The number of hydrogen-bond acceptors (Lipinski definition) is 3. The average Bonchev–Trinajstić information content (AvgIpc) is 2.60. The first-order chi connectivity index (χ1) is 11.8. The summed E-state index contributed by atoms with van der Waals surface area (Å²) in [5.41, 5.74) is 2.78. The first-order valence-corrected chi connectivity index (χ1v) is 8.39. The van der Waals surface area contributed by atoms with Crippen LogP contribution in [0.2, 0.25) is 0 Å². The Kier molecular flexibility index (Phi) is 5.73. The Morgan fingerprint density at radius 2 is 1.64 bits per heavy atom. The third kappa shape index (κ3) is 4.53. The van der Waals surface area contributed by atoms with Crippen LogP contribution in [0.5, 0.6) is 11.5 Å². The predicted molar refractivity (Wildman–Crippen MR) is 101 cm³/mol. The van der Waals surface area contributed by atoms with E-state index in [2.05, 4.69) is 26.1 Å². The minimum Gasteiger partial charge on any atom is -0.497 e. The van der Waals surface area contributed by atoms with Gasteiger partial charge in [0, 0.05) is 11.1 Å². The van der Waals surface area contributed by atoms with Crippen LogP contribution in [0.1, 0.15) is 55.2 Å². The van der Waals surface area contributed by atoms with Crippen molar-refractivity contribution in [2.24, 2.45) is 0 Å². The van der Waals surface area contributed by atoms with E-state index in [1.54, 1.807) is 14.2 Å². The molecular formula is C21H27NO3. The van der Waals surface area contributed by atoms with Crippen LogP contribution in [-0.2, 0) is 5.41 Å². The molecule has 4 nitrogen and oxygen atoms in total. The van der Waals surface area contributed by atoms with E-state index in [0.29, 0.717) is 5.56 Å². The van der Waals surface area contributed by atoms with Crippen LogP contribution < -0.4 is 14.8 Å². The summed E-state index contributed by atoms with van der Waals surface area (Å²) in [5.74, 6) is 1.33. The van der Waals surface area contributed by atoms with Crippen LogP contribution in [0.3, 0.4) is 0 Å². The van der Waals surface area contributed by atoms with E-state index >= 15 is 0 Å². The first-order valence-electron chi connectivity index (χ1n) is 8.39. The highest BCUT2D eigenvalue weighted by molar-refractivity contribution is 5.94. The van der Waals surface area contributed by atoms with Crippen LogP contribution in [0.25, 0.3) is 0 Å². The Bertz CT molecular complexity index is 730. The predicted octanol–water partition coefficient (Wildman–Crippen LogP) is 4.49. The summed E-state index contributed by atoms with van der Waals surface area (Å²) < 4.78 is 10.7. The van der Waals surface area contributed by atoms with E-state index < -0.39 is 0 Å². The average molecular weight is 341 g/mol. The molecule has 0 saturated heterocycles. The smallest absolute Gasteiger partial charge is 0.251 e. The highest BCUT2D eigenvalue weighted by Gasteiger charge is 2.18. The van der Waals surface area contributed by atoms with Crippen molar-refractivity contribution in [1.29, 1.82) is 0 Å². The SMILES string of the molecule is COc1ccc(OC)c([C@@H](C)NC(=O)c2ccc(C(C)(C)C)cc2)c1. The largest absolute Gasteiger partial charge is 0.497 e. The van der Waals surface area contributed by atoms with Gasteiger partial charge < -0.3 is 14.8 Å². The van der Waals surface area contributed by atoms with Gasteiger partial charge in [0.1, 0.15) is 11.5 Å². The van der Waals surface area contributed by atoms with Crippen LogP contribution in [0, 0.1) is 0 Å². The summed E-state index contributed by atoms with van der Waals surface area (Å²) in [6, 6.07) is 13.1. The number of methoxy groups -OCH3 is 2. The lowest BCUT2D eigenvalue weighted by Crippen LogP contribution is -2.27. The van der Waals surface area contributed by atoms with Crippen molar-refractivity contribution in [3.8, 4) is 11.5 Å². The summed E-state index contributed by atoms with van der Waals surface area (Å²) in [4.78, 5) is 12.6. The van der Waals surface area contributed by atoms with Gasteiger partial charge in [-0.15, -0.1) is 0 Å². The minimum absolute atomic E-state index is 0.0657. The molecule has 4 heteroatoms. The van der Waals surface area contributed by atoms with E-state index in [4.69, 9.17) is 9.47 Å². The number of ether oxygens (including phenoxy) is 2. The summed E-state index contributed by atoms with van der Waals surface area (Å²) in [5, 5.41) is 3.02. The maximum absolute atomic E-state index is 12.6. The molecule has 1 N–H and O–H groups in total. The van der Waals surface area contributed by atoms with Crippen molar-refractivity contribution >= 4 is 5.91 Å². The van der Waals surface area contributed by atoms with Crippen LogP contribution in [-0.4, -0.2) is 20.1 Å². The maximum Gasteiger partial charge on any atom is 0.251 e. The molecule has 0 saturated carbocycles. The van der Waals surface area contributed by atoms with Crippen LogP contribution in [0.15, 0.2) is 42.5 Å². The molecule has 1 amide bonds. The lowest BCUT2D eigenvalue weighted by molar-refractivity contribution is 0.0939. The zero-order chi connectivity index (χ0) is 18.6. The van der Waals surface area contributed by atoms with Gasteiger partial charge in [0.05, 0.1) is 20.3 Å². The van der Waals surface area contributed by atoms with E-state index in [1.807, 2.05) is 49.4 Å². The maximum atomic E-state index is 12.6. The fourth-order valence-corrected chi connectivity index (χ4v) is 2.66. The molecule has 0 aliphatic carbocycles. The molecule has 134 valence electrons. The summed E-state index contributed by atoms with van der Waals surface area (Å²) >= 11 is 0. The fourth-order valence-electron chi connectivity index (χ4n) is 2.66. The van der Waals surface area contributed by atoms with Crippen molar-refractivity contribution in [2.45, 2.75) is 39.2 Å². The lowest BCUT2D eigenvalue weighted by Gasteiger charge is -2.20. The molecule has 0 aliphatic heterocycles. The Morgan fingerprint density at radius 3 is 2.16 bits per heavy atom. The molecule has 0 aromatic heterocycles. The standard InChI is InChI=1S/C21H27NO3/c1-14(18-13-17(24-5)11-12-19(18)25-6)22-20(23)15-7-9-16(10-8-15)21(2,3)4/h7-14H,1-6H3,(H,22,23)/t14-/m1/s1. The second-order valence-corrected chi connectivity index (χ2v) is 7.13. The minimum atomic E-state index is -0.208. The zero-order valence-corrected chi connectivity index (χ0v) is 15.8. The van der Waals surface area contributed by atoms with Crippen LogP contribution >= 0.6 is 0 Å². The number of benzene rings is 2. The van der Waals surface area contributed by atoms with Gasteiger partial charge in [-0.2, -0.15) is 0 Å². The topological polar surface area (TPSA) is 47.6 Å². The molecule has 0 fully saturated rings. The highest BCUT2D eigenvalue weighted by Crippen LogP contribution is 2.29. The summed E-state index contributed by atoms with van der Waals surface area (Å²) in [6.07, 6.45) is 0. The first kappa shape index (κ1) is 18.8. The molecule has 0 spiro atoms. The van der Waals surface area contributed by atoms with E-state index in [1.165, 1.54) is 5.56 Å². The van der Waals surface area contributed by atoms with Crippen molar-refractivity contribution in [3.63, 3.8) is 0 Å². The Balaban J connectivity index is 2.17. The second-order valence-electron chi connectivity index (χ2n) is 7.13. The van der Waals surface area contributed by atoms with Gasteiger partial charge in [-0.25, -0.2) is 0 Å². The molecule has 2 aromatic rings. The summed E-state index contributed by atoms with van der Waals surface area (Å²) in [6.45, 7) is 8.39. The number of carbonyl (C=O) groups is 1. The number of hydrogen-bond donors (Lipinski definition) is 1. The van der Waals surface area contributed by atoms with Crippen molar-refractivity contribution < 1.29 is 14.3 Å². The molecular weight excluding hydrogens is 314 g/mol. The fraction of sp³-hybridized carbons (Fsp3) is 0.381. The quantitative estimate of drug-likeness (QED) is 0.871. The second kappa shape index (κ2) is 7.60.